The monoisotopic (exact) mass is 1060 g/mol. The third-order valence-electron chi connectivity index (χ3n) is 23.0. The summed E-state index contributed by atoms with van der Waals surface area (Å²) in [6.45, 7) is 49.8. The van der Waals surface area contributed by atoms with Crippen LogP contribution in [0.1, 0.15) is 243 Å². The summed E-state index contributed by atoms with van der Waals surface area (Å²) >= 11 is 2.10. The van der Waals surface area contributed by atoms with Crippen molar-refractivity contribution in [2.45, 2.75) is 239 Å². The number of thiophene rings is 1. The highest BCUT2D eigenvalue weighted by molar-refractivity contribution is 7.32. The van der Waals surface area contributed by atoms with Gasteiger partial charge >= 0.3 is 6.85 Å². The lowest BCUT2D eigenvalue weighted by atomic mass is 9.46. The van der Waals surface area contributed by atoms with Gasteiger partial charge in [0, 0.05) is 48.6 Å². The molecule has 4 heteroatoms. The highest BCUT2D eigenvalue weighted by Gasteiger charge is 2.52. The van der Waals surface area contributed by atoms with E-state index in [9.17, 15) is 0 Å². The Morgan fingerprint density at radius 2 is 0.835 bits per heavy atom. The number of nitrogens with zero attached hydrogens (tertiary/aromatic N) is 2. The van der Waals surface area contributed by atoms with Crippen LogP contribution >= 0.6 is 11.3 Å². The molecule has 0 atom stereocenters. The molecule has 0 bridgehead atoms. The Hall–Kier alpha value is -5.06. The maximum atomic E-state index is 2.88. The molecule has 5 aliphatic carbocycles. The lowest BCUT2D eigenvalue weighted by Crippen LogP contribution is -2.60. The summed E-state index contributed by atoms with van der Waals surface area (Å²) in [7, 11) is 0. The minimum Gasteiger partial charge on any atom is -0.376 e. The smallest absolute Gasteiger partial charge is 0.343 e. The molecular weight excluding hydrogens is 972 g/mol. The Kier molecular flexibility index (Phi) is 10.4. The lowest BCUT2D eigenvalue weighted by Gasteiger charge is -2.47. The Morgan fingerprint density at radius 1 is 0.380 bits per heavy atom. The summed E-state index contributed by atoms with van der Waals surface area (Å²) in [5, 5.41) is 1.41. The van der Waals surface area contributed by atoms with Gasteiger partial charge in [-0.15, -0.1) is 11.3 Å². The van der Waals surface area contributed by atoms with Crippen LogP contribution in [0.4, 0.5) is 28.4 Å². The molecule has 7 aromatic rings. The van der Waals surface area contributed by atoms with E-state index in [1.165, 1.54) is 172 Å². The summed E-state index contributed by atoms with van der Waals surface area (Å²) in [6.07, 6.45) is 9.58. The van der Waals surface area contributed by atoms with Crippen LogP contribution in [0, 0.1) is 13.8 Å². The van der Waals surface area contributed by atoms with Crippen molar-refractivity contribution in [2.75, 3.05) is 9.71 Å². The van der Waals surface area contributed by atoms with Gasteiger partial charge in [-0.1, -0.05) is 149 Å². The maximum absolute atomic E-state index is 2.88. The van der Waals surface area contributed by atoms with Gasteiger partial charge in [-0.3, -0.25) is 0 Å². The first-order chi connectivity index (χ1) is 36.7. The molecule has 0 spiro atoms. The summed E-state index contributed by atoms with van der Waals surface area (Å²) in [6, 6.07) is 34.3. The average Bonchev–Trinajstić information content (AvgIpc) is 4.08. The number of benzene rings is 6. The minimum absolute atomic E-state index is 0.0529. The second-order valence-electron chi connectivity index (χ2n) is 32.5. The van der Waals surface area contributed by atoms with Crippen LogP contribution in [-0.4, -0.2) is 6.85 Å². The SMILES string of the molecule is Cc1cc2c3c(c1)N(c1cc4c(cc1C)C(C)(C)CCC4(C)C)c1c(sc4cc5c(cc14)C(C)(C)CCC5(C)C)B3N(c1ccc3c(c1)C(C)(C)CCC3(C)C)c1cc3c(cc1-2)C(C)(C)c1cc2c(cc1-3)C(C)(C)CCC2(C)C. The molecule has 3 heterocycles. The highest BCUT2D eigenvalue weighted by atomic mass is 32.1. The van der Waals surface area contributed by atoms with Gasteiger partial charge < -0.3 is 9.71 Å². The molecule has 14 rings (SSSR count). The van der Waals surface area contributed by atoms with Crippen LogP contribution in [0.5, 0.6) is 0 Å². The second-order valence-corrected chi connectivity index (χ2v) is 33.6. The maximum Gasteiger partial charge on any atom is 0.343 e. The molecule has 0 amide bonds. The normalized spacial score (nSPS) is 22.6. The largest absolute Gasteiger partial charge is 0.376 e. The van der Waals surface area contributed by atoms with Crippen LogP contribution in [0.3, 0.4) is 0 Å². The van der Waals surface area contributed by atoms with Crippen LogP contribution in [0.15, 0.2) is 78.9 Å². The zero-order chi connectivity index (χ0) is 56.2. The molecule has 1 aromatic heterocycles. The van der Waals surface area contributed by atoms with E-state index < -0.39 is 0 Å². The average molecular weight is 1060 g/mol. The lowest BCUT2D eigenvalue weighted by molar-refractivity contribution is 0.331. The molecule has 0 unspecified atom stereocenters. The third-order valence-corrected chi connectivity index (χ3v) is 24.2. The molecule has 2 nitrogen and oxygen atoms in total. The molecule has 6 aromatic carbocycles. The van der Waals surface area contributed by atoms with Gasteiger partial charge in [-0.05, 0) is 252 Å². The summed E-state index contributed by atoms with van der Waals surface area (Å²) in [5.74, 6) is 0. The number of hydrogen-bond donors (Lipinski definition) is 0. The van der Waals surface area contributed by atoms with Gasteiger partial charge in [0.15, 0.2) is 0 Å². The first-order valence-electron chi connectivity index (χ1n) is 30.7. The van der Waals surface area contributed by atoms with Crippen molar-refractivity contribution in [3.63, 3.8) is 0 Å². The van der Waals surface area contributed by atoms with Gasteiger partial charge in [0.05, 0.1) is 5.69 Å². The van der Waals surface area contributed by atoms with Crippen molar-refractivity contribution in [3.8, 4) is 22.3 Å². The number of aryl methyl sites for hydroxylation is 2. The number of fused-ring (bicyclic) bond motifs is 13. The van der Waals surface area contributed by atoms with Gasteiger partial charge in [0.2, 0.25) is 0 Å². The molecule has 2 aliphatic heterocycles. The number of hydrogen-bond acceptors (Lipinski definition) is 3. The van der Waals surface area contributed by atoms with E-state index in [0.29, 0.717) is 0 Å². The van der Waals surface area contributed by atoms with Crippen LogP contribution in [-0.2, 0) is 48.7 Å². The van der Waals surface area contributed by atoms with Crippen molar-refractivity contribution in [3.05, 3.63) is 146 Å². The molecule has 7 aliphatic rings. The Bertz CT molecular complexity index is 3880. The van der Waals surface area contributed by atoms with E-state index in [0.717, 1.165) is 0 Å². The summed E-state index contributed by atoms with van der Waals surface area (Å²) < 4.78 is 2.88. The molecule has 0 saturated carbocycles. The van der Waals surface area contributed by atoms with E-state index in [1.807, 2.05) is 0 Å². The Balaban J connectivity index is 1.12. The first kappa shape index (κ1) is 52.0. The van der Waals surface area contributed by atoms with E-state index in [1.54, 1.807) is 16.7 Å². The topological polar surface area (TPSA) is 6.48 Å². The van der Waals surface area contributed by atoms with Gasteiger partial charge in [0.25, 0.3) is 0 Å². The molecule has 0 saturated heterocycles. The standard InChI is InChI=1S/C75H89BN2S/c1-42-31-48-47-36-51-46(45-35-55-57(39-52(45)75(51,19)20)72(13,14)28-26-70(55,9)10)38-61(47)78(44-21-22-50-54(34-44)69(7,8)24-23-67(50,3)4)76-64(48)62(32-42)77(60-40-58-53(33-43(60)2)68(5,6)25-29-73(58,15)16)65-49-37-56-59(41-63(49)79-66(65)76)74(17,18)30-27-71(56,11)12/h21-22,31-41H,23-30H2,1-20H3. The molecule has 0 N–H and O–H groups in total. The summed E-state index contributed by atoms with van der Waals surface area (Å²) in [4.78, 5) is 5.70. The van der Waals surface area contributed by atoms with E-state index in [-0.39, 0.29) is 55.6 Å². The first-order valence-corrected chi connectivity index (χ1v) is 31.5. The predicted octanol–water partition coefficient (Wildman–Crippen LogP) is 19.9. The Morgan fingerprint density at radius 3 is 1.42 bits per heavy atom. The van der Waals surface area contributed by atoms with Crippen molar-refractivity contribution in [1.29, 1.82) is 0 Å². The zero-order valence-corrected chi connectivity index (χ0v) is 52.9. The van der Waals surface area contributed by atoms with Gasteiger partial charge in [0.1, 0.15) is 0 Å². The van der Waals surface area contributed by atoms with Crippen LogP contribution in [0.25, 0.3) is 32.3 Å². The molecule has 408 valence electrons. The van der Waals surface area contributed by atoms with Gasteiger partial charge in [-0.25, -0.2) is 0 Å². The van der Waals surface area contributed by atoms with Crippen LogP contribution < -0.4 is 20.0 Å². The Labute approximate surface area is 480 Å². The minimum atomic E-state index is -0.175. The van der Waals surface area contributed by atoms with Crippen molar-refractivity contribution in [1.82, 2.24) is 0 Å². The second kappa shape index (κ2) is 15.7. The number of anilines is 5. The summed E-state index contributed by atoms with van der Waals surface area (Å²) in [5.41, 5.74) is 32.3. The zero-order valence-electron chi connectivity index (χ0n) is 52.0. The highest BCUT2D eigenvalue weighted by Crippen LogP contribution is 2.61. The van der Waals surface area contributed by atoms with E-state index in [2.05, 4.69) is 238 Å². The molecule has 79 heavy (non-hydrogen) atoms. The van der Waals surface area contributed by atoms with Crippen molar-refractivity contribution >= 4 is 66.9 Å². The molecule has 0 fully saturated rings. The fourth-order valence-corrected chi connectivity index (χ4v) is 18.5. The van der Waals surface area contributed by atoms with Crippen LogP contribution in [0.2, 0.25) is 0 Å². The third kappa shape index (κ3) is 7.07. The number of rotatable bonds is 2. The van der Waals surface area contributed by atoms with E-state index >= 15 is 0 Å². The predicted molar refractivity (Wildman–Crippen MR) is 344 cm³/mol. The van der Waals surface area contributed by atoms with Crippen molar-refractivity contribution < 1.29 is 0 Å². The quantitative estimate of drug-likeness (QED) is 0.159. The molecule has 0 radical (unpaired) electrons. The van der Waals surface area contributed by atoms with E-state index in [4.69, 9.17) is 0 Å². The molecular formula is C75H89BN2S. The van der Waals surface area contributed by atoms with Gasteiger partial charge in [-0.2, -0.15) is 0 Å². The fraction of sp³-hybridized carbons (Fsp3) is 0.493. The fourth-order valence-electron chi connectivity index (χ4n) is 17.1. The van der Waals surface area contributed by atoms with Crippen molar-refractivity contribution in [2.24, 2.45) is 0 Å².